The Bertz CT molecular complexity index is 746. The maximum absolute atomic E-state index is 12.4. The summed E-state index contributed by atoms with van der Waals surface area (Å²) < 4.78 is 1.77. The van der Waals surface area contributed by atoms with Crippen molar-refractivity contribution in [2.75, 3.05) is 19.6 Å². The van der Waals surface area contributed by atoms with Crippen molar-refractivity contribution in [3.63, 3.8) is 0 Å². The summed E-state index contributed by atoms with van der Waals surface area (Å²) in [6.45, 7) is 4.43. The molecule has 1 aliphatic heterocycles. The molecule has 0 unspecified atom stereocenters. The van der Waals surface area contributed by atoms with Gasteiger partial charge >= 0.3 is 0 Å². The largest absolute Gasteiger partial charge is 0.303 e. The first kappa shape index (κ1) is 16.5. The van der Waals surface area contributed by atoms with E-state index >= 15 is 0 Å². The van der Waals surface area contributed by atoms with Crippen LogP contribution in [0.2, 0.25) is 0 Å². The summed E-state index contributed by atoms with van der Waals surface area (Å²) in [5.74, 6) is 1.53. The fourth-order valence-electron chi connectivity index (χ4n) is 3.91. The number of hydrogen-bond donors (Lipinski definition) is 0. The number of piperidine rings is 1. The van der Waals surface area contributed by atoms with E-state index in [1.165, 1.54) is 51.7 Å². The van der Waals surface area contributed by atoms with Crippen molar-refractivity contribution in [2.24, 2.45) is 11.8 Å². The second kappa shape index (κ2) is 7.48. The minimum Gasteiger partial charge on any atom is -0.303 e. The van der Waals surface area contributed by atoms with E-state index in [2.05, 4.69) is 14.9 Å². The van der Waals surface area contributed by atoms with Crippen LogP contribution in [0.15, 0.2) is 41.7 Å². The lowest BCUT2D eigenvalue weighted by Gasteiger charge is -2.37. The Morgan fingerprint density at radius 2 is 1.88 bits per heavy atom. The van der Waals surface area contributed by atoms with Crippen LogP contribution in [0.1, 0.15) is 32.1 Å². The van der Waals surface area contributed by atoms with Gasteiger partial charge in [-0.1, -0.05) is 6.42 Å². The Morgan fingerprint density at radius 3 is 2.52 bits per heavy atom. The van der Waals surface area contributed by atoms with Crippen LogP contribution in [0.5, 0.6) is 0 Å². The molecule has 2 aromatic heterocycles. The Labute approximate surface area is 148 Å². The zero-order chi connectivity index (χ0) is 17.1. The lowest BCUT2D eigenvalue weighted by molar-refractivity contribution is 0.125. The van der Waals surface area contributed by atoms with E-state index in [1.54, 1.807) is 29.4 Å². The predicted molar refractivity (Wildman–Crippen MR) is 98.2 cm³/mol. The van der Waals surface area contributed by atoms with Gasteiger partial charge in [-0.3, -0.25) is 14.3 Å². The third-order valence-corrected chi connectivity index (χ3v) is 5.74. The second-order valence-corrected chi connectivity index (χ2v) is 7.55. The van der Waals surface area contributed by atoms with Crippen LogP contribution in [0.4, 0.5) is 0 Å². The van der Waals surface area contributed by atoms with Gasteiger partial charge in [0.2, 0.25) is 0 Å². The smallest absolute Gasteiger partial charge is 0.253 e. The number of aromatic nitrogens is 3. The topological polar surface area (TPSA) is 51.0 Å². The molecule has 0 spiro atoms. The first-order valence-corrected chi connectivity index (χ1v) is 9.47. The van der Waals surface area contributed by atoms with Crippen LogP contribution in [0, 0.1) is 11.8 Å². The average Bonchev–Trinajstić information content (AvgIpc) is 2.62. The van der Waals surface area contributed by atoms with Gasteiger partial charge < -0.3 is 4.90 Å². The van der Waals surface area contributed by atoms with E-state index in [-0.39, 0.29) is 5.56 Å². The number of pyridine rings is 1. The predicted octanol–water partition coefficient (Wildman–Crippen LogP) is 2.82. The molecule has 2 fully saturated rings. The Kier molecular flexibility index (Phi) is 4.92. The van der Waals surface area contributed by atoms with Crippen molar-refractivity contribution in [1.82, 2.24) is 19.4 Å². The minimum atomic E-state index is 0.0331. The van der Waals surface area contributed by atoms with Gasteiger partial charge in [-0.2, -0.15) is 0 Å². The van der Waals surface area contributed by atoms with Crippen LogP contribution in [-0.4, -0.2) is 39.1 Å². The van der Waals surface area contributed by atoms with Crippen LogP contribution < -0.4 is 5.56 Å². The lowest BCUT2D eigenvalue weighted by atomic mass is 9.84. The standard InChI is InChI=1S/C20H26N4O/c25-20-11-19(18-5-2-8-21-12-18)22-15-24(20)14-17-6-9-23(10-7-17)13-16-3-1-4-16/h2,5,8,11-12,15-17H,1,3-4,6-7,9-10,13-14H2. The highest BCUT2D eigenvalue weighted by Gasteiger charge is 2.24. The fraction of sp³-hybridized carbons (Fsp3) is 0.550. The molecule has 3 heterocycles. The van der Waals surface area contributed by atoms with Gasteiger partial charge in [-0.05, 0) is 62.7 Å². The quantitative estimate of drug-likeness (QED) is 0.841. The van der Waals surface area contributed by atoms with Gasteiger partial charge in [0.15, 0.2) is 0 Å². The van der Waals surface area contributed by atoms with E-state index < -0.39 is 0 Å². The second-order valence-electron chi connectivity index (χ2n) is 7.55. The molecular formula is C20H26N4O. The number of nitrogens with zero attached hydrogens (tertiary/aromatic N) is 4. The van der Waals surface area contributed by atoms with Crippen molar-refractivity contribution in [2.45, 2.75) is 38.6 Å². The number of rotatable bonds is 5. The summed E-state index contributed by atoms with van der Waals surface area (Å²) in [5, 5.41) is 0. The highest BCUT2D eigenvalue weighted by atomic mass is 16.1. The van der Waals surface area contributed by atoms with E-state index in [9.17, 15) is 4.79 Å². The van der Waals surface area contributed by atoms with E-state index in [0.29, 0.717) is 11.6 Å². The normalized spacial score (nSPS) is 19.7. The number of likely N-dealkylation sites (tertiary alicyclic amines) is 1. The van der Waals surface area contributed by atoms with Crippen molar-refractivity contribution in [3.05, 3.63) is 47.3 Å². The summed E-state index contributed by atoms with van der Waals surface area (Å²) >= 11 is 0. The Hall–Kier alpha value is -2.01. The Morgan fingerprint density at radius 1 is 1.08 bits per heavy atom. The lowest BCUT2D eigenvalue weighted by Crippen LogP contribution is -2.40. The van der Waals surface area contributed by atoms with Gasteiger partial charge in [-0.15, -0.1) is 0 Å². The van der Waals surface area contributed by atoms with Gasteiger partial charge in [0.05, 0.1) is 12.0 Å². The maximum atomic E-state index is 12.4. The van der Waals surface area contributed by atoms with Crippen molar-refractivity contribution in [1.29, 1.82) is 0 Å². The molecule has 5 heteroatoms. The maximum Gasteiger partial charge on any atom is 0.253 e. The highest BCUT2D eigenvalue weighted by molar-refractivity contribution is 5.56. The molecule has 0 atom stereocenters. The third-order valence-electron chi connectivity index (χ3n) is 5.74. The summed E-state index contributed by atoms with van der Waals surface area (Å²) in [6, 6.07) is 5.42. The van der Waals surface area contributed by atoms with Crippen LogP contribution in [-0.2, 0) is 6.54 Å². The van der Waals surface area contributed by atoms with Crippen LogP contribution in [0.3, 0.4) is 0 Å². The molecule has 4 rings (SSSR count). The summed E-state index contributed by atoms with van der Waals surface area (Å²) in [4.78, 5) is 23.6. The summed E-state index contributed by atoms with van der Waals surface area (Å²) in [6.07, 6.45) is 11.8. The first-order chi connectivity index (χ1) is 12.3. The minimum absolute atomic E-state index is 0.0331. The summed E-state index contributed by atoms with van der Waals surface area (Å²) in [7, 11) is 0. The van der Waals surface area contributed by atoms with Crippen molar-refractivity contribution < 1.29 is 0 Å². The SMILES string of the molecule is O=c1cc(-c2cccnc2)ncn1CC1CCN(CC2CCC2)CC1. The monoisotopic (exact) mass is 338 g/mol. The molecule has 132 valence electrons. The third kappa shape index (κ3) is 3.98. The van der Waals surface area contributed by atoms with E-state index in [1.807, 2.05) is 12.1 Å². The average molecular weight is 338 g/mol. The van der Waals surface area contributed by atoms with Gasteiger partial charge in [0, 0.05) is 37.1 Å². The molecule has 0 radical (unpaired) electrons. The number of hydrogen-bond acceptors (Lipinski definition) is 4. The van der Waals surface area contributed by atoms with Gasteiger partial charge in [0.25, 0.3) is 5.56 Å². The molecule has 0 amide bonds. The van der Waals surface area contributed by atoms with Crippen LogP contribution in [0.25, 0.3) is 11.3 Å². The molecule has 2 aromatic rings. The molecule has 0 N–H and O–H groups in total. The molecule has 1 saturated heterocycles. The molecular weight excluding hydrogens is 312 g/mol. The highest BCUT2D eigenvalue weighted by Crippen LogP contribution is 2.29. The molecule has 0 aromatic carbocycles. The van der Waals surface area contributed by atoms with E-state index in [4.69, 9.17) is 0 Å². The molecule has 1 aliphatic carbocycles. The van der Waals surface area contributed by atoms with Crippen LogP contribution >= 0.6 is 0 Å². The first-order valence-electron chi connectivity index (χ1n) is 9.47. The zero-order valence-corrected chi connectivity index (χ0v) is 14.7. The zero-order valence-electron chi connectivity index (χ0n) is 14.7. The molecule has 5 nitrogen and oxygen atoms in total. The van der Waals surface area contributed by atoms with Crippen molar-refractivity contribution in [3.8, 4) is 11.3 Å². The Balaban J connectivity index is 1.34. The fourth-order valence-corrected chi connectivity index (χ4v) is 3.91. The van der Waals surface area contributed by atoms with Gasteiger partial charge in [0.1, 0.15) is 0 Å². The summed E-state index contributed by atoms with van der Waals surface area (Å²) in [5.41, 5.74) is 1.62. The molecule has 25 heavy (non-hydrogen) atoms. The van der Waals surface area contributed by atoms with Gasteiger partial charge in [-0.25, -0.2) is 4.98 Å². The molecule has 1 saturated carbocycles. The molecule has 0 bridgehead atoms. The molecule has 2 aliphatic rings. The van der Waals surface area contributed by atoms with Crippen molar-refractivity contribution >= 4 is 0 Å². The van der Waals surface area contributed by atoms with E-state index in [0.717, 1.165) is 18.0 Å².